The number of nitrogens with zero attached hydrogens (tertiary/aromatic N) is 7. The van der Waals surface area contributed by atoms with E-state index in [-0.39, 0.29) is 11.6 Å². The van der Waals surface area contributed by atoms with Crippen LogP contribution < -0.4 is 10.9 Å². The molecule has 9 nitrogen and oxygen atoms in total. The minimum Gasteiger partial charge on any atom is -0.367 e. The zero-order valence-electron chi connectivity index (χ0n) is 15.5. The molecule has 0 atom stereocenters. The Morgan fingerprint density at radius 2 is 1.89 bits per heavy atom. The lowest BCUT2D eigenvalue weighted by Gasteiger charge is -2.30. The smallest absolute Gasteiger partial charge is 0.267 e. The molecule has 0 amide bonds. The Morgan fingerprint density at radius 1 is 1.04 bits per heavy atom. The minimum atomic E-state index is -0.0786. The number of rotatable bonds is 5. The van der Waals surface area contributed by atoms with Gasteiger partial charge in [0.2, 0.25) is 0 Å². The van der Waals surface area contributed by atoms with Gasteiger partial charge in [-0.2, -0.15) is 5.10 Å². The van der Waals surface area contributed by atoms with Crippen LogP contribution in [0.3, 0.4) is 0 Å². The second kappa shape index (κ2) is 7.14. The van der Waals surface area contributed by atoms with Crippen LogP contribution in [0, 0.1) is 0 Å². The van der Waals surface area contributed by atoms with Crippen molar-refractivity contribution in [3.63, 3.8) is 0 Å². The second-order valence-electron chi connectivity index (χ2n) is 7.54. The van der Waals surface area contributed by atoms with Crippen molar-refractivity contribution < 1.29 is 0 Å². The molecule has 2 aliphatic rings. The topological polar surface area (TPSA) is 103 Å². The summed E-state index contributed by atoms with van der Waals surface area (Å²) in [5.41, 5.74) is -0.0786. The van der Waals surface area contributed by atoms with Crippen LogP contribution >= 0.6 is 0 Å². The van der Waals surface area contributed by atoms with Gasteiger partial charge in [-0.05, 0) is 50.7 Å². The van der Waals surface area contributed by atoms with E-state index in [0.717, 1.165) is 37.3 Å². The molecule has 0 spiro atoms. The van der Waals surface area contributed by atoms with Crippen molar-refractivity contribution >= 4 is 5.82 Å². The number of hydrogen-bond donors (Lipinski definition) is 1. The summed E-state index contributed by atoms with van der Waals surface area (Å²) in [4.78, 5) is 25.3. The molecule has 0 radical (unpaired) electrons. The van der Waals surface area contributed by atoms with Gasteiger partial charge in [0.25, 0.3) is 5.56 Å². The van der Waals surface area contributed by atoms with Crippen molar-refractivity contribution in [2.45, 2.75) is 56.5 Å². The molecule has 0 unspecified atom stereocenters. The molecule has 0 aliphatic heterocycles. The van der Waals surface area contributed by atoms with Crippen molar-refractivity contribution in [1.29, 1.82) is 0 Å². The van der Waals surface area contributed by atoms with E-state index < -0.39 is 0 Å². The fourth-order valence-corrected chi connectivity index (χ4v) is 3.79. The summed E-state index contributed by atoms with van der Waals surface area (Å²) < 4.78 is 3.17. The van der Waals surface area contributed by atoms with Crippen molar-refractivity contribution in [1.82, 2.24) is 34.5 Å². The highest BCUT2D eigenvalue weighted by Crippen LogP contribution is 2.38. The minimum absolute atomic E-state index is 0.0786. The third-order valence-corrected chi connectivity index (χ3v) is 5.48. The molecule has 0 aromatic carbocycles. The number of nitrogens with one attached hydrogen (secondary N) is 1. The lowest BCUT2D eigenvalue weighted by Crippen LogP contribution is -2.33. The lowest BCUT2D eigenvalue weighted by atomic mass is 9.91. The maximum absolute atomic E-state index is 12.3. The second-order valence-corrected chi connectivity index (χ2v) is 7.54. The molecule has 0 saturated heterocycles. The third kappa shape index (κ3) is 3.51. The summed E-state index contributed by atoms with van der Waals surface area (Å²) >= 11 is 0. The quantitative estimate of drug-likeness (QED) is 0.725. The Kier molecular flexibility index (Phi) is 4.34. The molecule has 3 aromatic rings. The van der Waals surface area contributed by atoms with E-state index >= 15 is 0 Å². The van der Waals surface area contributed by atoms with Crippen LogP contribution in [0.1, 0.15) is 56.3 Å². The van der Waals surface area contributed by atoms with E-state index in [0.29, 0.717) is 17.8 Å². The molecule has 9 heteroatoms. The van der Waals surface area contributed by atoms with E-state index in [1.165, 1.54) is 19.2 Å². The Morgan fingerprint density at radius 3 is 2.64 bits per heavy atom. The van der Waals surface area contributed by atoms with E-state index in [1.807, 2.05) is 12.3 Å². The summed E-state index contributed by atoms with van der Waals surface area (Å²) in [6.07, 6.45) is 11.0. The van der Waals surface area contributed by atoms with E-state index in [9.17, 15) is 4.79 Å². The zero-order chi connectivity index (χ0) is 18.9. The largest absolute Gasteiger partial charge is 0.367 e. The van der Waals surface area contributed by atoms with Crippen molar-refractivity contribution in [3.05, 3.63) is 53.2 Å². The molecular weight excluding hydrogens is 356 g/mol. The molecule has 1 N–H and O–H groups in total. The molecule has 144 valence electrons. The van der Waals surface area contributed by atoms with Crippen LogP contribution in [-0.2, 0) is 0 Å². The molecule has 2 fully saturated rings. The van der Waals surface area contributed by atoms with Gasteiger partial charge in [-0.3, -0.25) is 4.79 Å². The van der Waals surface area contributed by atoms with Gasteiger partial charge in [0.15, 0.2) is 5.82 Å². The van der Waals surface area contributed by atoms with E-state index in [4.69, 9.17) is 0 Å². The molecule has 2 saturated carbocycles. The van der Waals surface area contributed by atoms with Gasteiger partial charge in [0.1, 0.15) is 24.3 Å². The van der Waals surface area contributed by atoms with Crippen LogP contribution in [0.15, 0.2) is 41.8 Å². The molecule has 28 heavy (non-hydrogen) atoms. The van der Waals surface area contributed by atoms with Crippen molar-refractivity contribution in [3.8, 4) is 5.82 Å². The predicted octanol–water partition coefficient (Wildman–Crippen LogP) is 2.09. The summed E-state index contributed by atoms with van der Waals surface area (Å²) in [6, 6.07) is 5.61. The molecule has 0 bridgehead atoms. The standard InChI is InChI=1S/C19H22N8O/c28-18-8-7-17(26-12-20-11-22-26)25-27(18)15-5-3-14(4-6-15)23-16-9-10-21-19(24-16)13-1-2-13/h7-15H,1-6H2,(H,21,23,24). The predicted molar refractivity (Wildman–Crippen MR) is 102 cm³/mol. The van der Waals surface area contributed by atoms with Crippen LogP contribution in [0.2, 0.25) is 0 Å². The SMILES string of the molecule is O=c1ccc(-n2cncn2)nn1C1CCC(Nc2ccnc(C3CC3)n2)CC1. The molecule has 5 rings (SSSR count). The highest BCUT2D eigenvalue weighted by atomic mass is 16.1. The van der Waals surface area contributed by atoms with E-state index in [2.05, 4.69) is 30.5 Å². The number of aromatic nitrogens is 7. The fourth-order valence-electron chi connectivity index (χ4n) is 3.79. The number of hydrogen-bond acceptors (Lipinski definition) is 7. The Labute approximate surface area is 161 Å². The van der Waals surface area contributed by atoms with Crippen LogP contribution in [0.4, 0.5) is 5.82 Å². The molecule has 3 heterocycles. The van der Waals surface area contributed by atoms with Gasteiger partial charge in [0.05, 0.1) is 6.04 Å². The van der Waals surface area contributed by atoms with Gasteiger partial charge in [-0.25, -0.2) is 24.3 Å². The van der Waals surface area contributed by atoms with Gasteiger partial charge in [-0.1, -0.05) is 0 Å². The average molecular weight is 378 g/mol. The highest BCUT2D eigenvalue weighted by molar-refractivity contribution is 5.35. The fraction of sp³-hybridized carbons (Fsp3) is 0.474. The highest BCUT2D eigenvalue weighted by Gasteiger charge is 2.27. The van der Waals surface area contributed by atoms with Gasteiger partial charge in [0, 0.05) is 24.2 Å². The van der Waals surface area contributed by atoms with Gasteiger partial charge in [-0.15, -0.1) is 5.10 Å². The maximum atomic E-state index is 12.3. The molecule has 2 aliphatic carbocycles. The first kappa shape index (κ1) is 17.0. The van der Waals surface area contributed by atoms with Crippen molar-refractivity contribution in [2.75, 3.05) is 5.32 Å². The normalized spacial score (nSPS) is 22.1. The summed E-state index contributed by atoms with van der Waals surface area (Å²) in [6.45, 7) is 0. The first-order valence-electron chi connectivity index (χ1n) is 9.80. The Bertz CT molecular complexity index is 1000. The first-order valence-corrected chi connectivity index (χ1v) is 9.80. The first-order chi connectivity index (χ1) is 13.8. The Balaban J connectivity index is 1.25. The molecule has 3 aromatic heterocycles. The van der Waals surface area contributed by atoms with E-state index in [1.54, 1.807) is 27.8 Å². The number of anilines is 1. The lowest BCUT2D eigenvalue weighted by molar-refractivity contribution is 0.302. The molecular formula is C19H22N8O. The van der Waals surface area contributed by atoms with Crippen LogP contribution in [0.5, 0.6) is 0 Å². The average Bonchev–Trinajstić information content (AvgIpc) is 3.44. The Hall–Kier alpha value is -3.10. The summed E-state index contributed by atoms with van der Waals surface area (Å²) in [5.74, 6) is 3.02. The third-order valence-electron chi connectivity index (χ3n) is 5.48. The monoisotopic (exact) mass is 378 g/mol. The van der Waals surface area contributed by atoms with Crippen LogP contribution in [-0.4, -0.2) is 40.6 Å². The maximum Gasteiger partial charge on any atom is 0.267 e. The van der Waals surface area contributed by atoms with Gasteiger partial charge >= 0.3 is 0 Å². The van der Waals surface area contributed by atoms with Crippen LogP contribution in [0.25, 0.3) is 5.82 Å². The summed E-state index contributed by atoms with van der Waals surface area (Å²) in [7, 11) is 0. The zero-order valence-corrected chi connectivity index (χ0v) is 15.5. The van der Waals surface area contributed by atoms with Crippen molar-refractivity contribution in [2.24, 2.45) is 0 Å². The summed E-state index contributed by atoms with van der Waals surface area (Å²) in [5, 5.41) is 12.1. The van der Waals surface area contributed by atoms with Gasteiger partial charge < -0.3 is 5.32 Å².